The Hall–Kier alpha value is -0.770. The van der Waals surface area contributed by atoms with Crippen molar-refractivity contribution in [2.75, 3.05) is 20.2 Å². The lowest BCUT2D eigenvalue weighted by Crippen LogP contribution is -2.40. The SMILES string of the molecule is CC(C)COC(=O)N(C)CC1CC(O)C1. The average Bonchev–Trinajstić information content (AvgIpc) is 2.11. The van der Waals surface area contributed by atoms with Crippen molar-refractivity contribution >= 4 is 6.09 Å². The van der Waals surface area contributed by atoms with Crippen LogP contribution in [0.4, 0.5) is 4.79 Å². The summed E-state index contributed by atoms with van der Waals surface area (Å²) in [5, 5.41) is 9.11. The molecule has 0 bridgehead atoms. The van der Waals surface area contributed by atoms with Crippen LogP contribution in [0.3, 0.4) is 0 Å². The highest BCUT2D eigenvalue weighted by atomic mass is 16.6. The van der Waals surface area contributed by atoms with E-state index in [1.165, 1.54) is 0 Å². The summed E-state index contributed by atoms with van der Waals surface area (Å²) in [5.41, 5.74) is 0. The quantitative estimate of drug-likeness (QED) is 0.772. The second-order valence-corrected chi connectivity index (χ2v) is 4.84. The minimum Gasteiger partial charge on any atom is -0.449 e. The Morgan fingerprint density at radius 3 is 2.60 bits per heavy atom. The third-order valence-corrected chi connectivity index (χ3v) is 2.59. The predicted octanol–water partition coefficient (Wildman–Crippen LogP) is 1.48. The fourth-order valence-corrected chi connectivity index (χ4v) is 1.66. The van der Waals surface area contributed by atoms with Gasteiger partial charge in [-0.05, 0) is 24.7 Å². The van der Waals surface area contributed by atoms with E-state index < -0.39 is 0 Å². The van der Waals surface area contributed by atoms with Gasteiger partial charge in [0.2, 0.25) is 0 Å². The normalized spacial score (nSPS) is 24.9. The van der Waals surface area contributed by atoms with Crippen LogP contribution in [-0.4, -0.2) is 42.4 Å². The van der Waals surface area contributed by atoms with Crippen LogP contribution in [0.15, 0.2) is 0 Å². The first kappa shape index (κ1) is 12.3. The zero-order valence-corrected chi connectivity index (χ0v) is 9.77. The maximum atomic E-state index is 11.4. The first-order valence-electron chi connectivity index (χ1n) is 5.55. The van der Waals surface area contributed by atoms with E-state index in [0.717, 1.165) is 12.8 Å². The number of nitrogens with zero attached hydrogens (tertiary/aromatic N) is 1. The molecule has 1 rings (SSSR count). The van der Waals surface area contributed by atoms with Crippen molar-refractivity contribution in [3.05, 3.63) is 0 Å². The van der Waals surface area contributed by atoms with Gasteiger partial charge >= 0.3 is 6.09 Å². The summed E-state index contributed by atoms with van der Waals surface area (Å²) in [7, 11) is 1.74. The first-order chi connectivity index (χ1) is 6.99. The topological polar surface area (TPSA) is 49.8 Å². The lowest BCUT2D eigenvalue weighted by atomic mass is 9.82. The molecule has 0 aromatic heterocycles. The fourth-order valence-electron chi connectivity index (χ4n) is 1.66. The van der Waals surface area contributed by atoms with Gasteiger partial charge in [-0.1, -0.05) is 13.8 Å². The Morgan fingerprint density at radius 1 is 1.53 bits per heavy atom. The number of aliphatic hydroxyl groups excluding tert-OH is 1. The van der Waals surface area contributed by atoms with Crippen molar-refractivity contribution in [3.63, 3.8) is 0 Å². The summed E-state index contributed by atoms with van der Waals surface area (Å²) >= 11 is 0. The van der Waals surface area contributed by atoms with Crippen LogP contribution in [0.25, 0.3) is 0 Å². The van der Waals surface area contributed by atoms with E-state index in [1.54, 1.807) is 11.9 Å². The molecule has 0 radical (unpaired) electrons. The average molecular weight is 215 g/mol. The second kappa shape index (κ2) is 5.35. The van der Waals surface area contributed by atoms with E-state index in [0.29, 0.717) is 25.0 Å². The summed E-state index contributed by atoms with van der Waals surface area (Å²) in [4.78, 5) is 13.0. The van der Waals surface area contributed by atoms with Crippen molar-refractivity contribution in [2.24, 2.45) is 11.8 Å². The Kier molecular flexibility index (Phi) is 4.39. The van der Waals surface area contributed by atoms with E-state index >= 15 is 0 Å². The van der Waals surface area contributed by atoms with Gasteiger partial charge in [-0.3, -0.25) is 0 Å². The van der Waals surface area contributed by atoms with Crippen molar-refractivity contribution in [3.8, 4) is 0 Å². The molecule has 4 nitrogen and oxygen atoms in total. The number of aliphatic hydroxyl groups is 1. The van der Waals surface area contributed by atoms with Crippen LogP contribution < -0.4 is 0 Å². The van der Waals surface area contributed by atoms with Crippen molar-refractivity contribution in [1.29, 1.82) is 0 Å². The van der Waals surface area contributed by atoms with Crippen LogP contribution in [-0.2, 0) is 4.74 Å². The van der Waals surface area contributed by atoms with Gasteiger partial charge in [0.25, 0.3) is 0 Å². The maximum absolute atomic E-state index is 11.4. The molecule has 1 saturated carbocycles. The Labute approximate surface area is 91.2 Å². The summed E-state index contributed by atoms with van der Waals surface area (Å²) in [6.07, 6.45) is 1.20. The molecule has 0 atom stereocenters. The van der Waals surface area contributed by atoms with Crippen LogP contribution in [0.5, 0.6) is 0 Å². The Balaban J connectivity index is 2.15. The summed E-state index contributed by atoms with van der Waals surface area (Å²) in [6, 6.07) is 0. The highest BCUT2D eigenvalue weighted by Crippen LogP contribution is 2.27. The third kappa shape index (κ3) is 4.08. The number of rotatable bonds is 4. The second-order valence-electron chi connectivity index (χ2n) is 4.84. The van der Waals surface area contributed by atoms with E-state index in [2.05, 4.69) is 0 Å². The fraction of sp³-hybridized carbons (Fsp3) is 0.909. The van der Waals surface area contributed by atoms with E-state index in [9.17, 15) is 4.79 Å². The van der Waals surface area contributed by atoms with Gasteiger partial charge in [0.05, 0.1) is 12.7 Å². The molecule has 88 valence electrons. The number of amides is 1. The minimum atomic E-state index is -0.259. The monoisotopic (exact) mass is 215 g/mol. The molecule has 1 aliphatic rings. The van der Waals surface area contributed by atoms with Gasteiger partial charge in [0, 0.05) is 13.6 Å². The van der Waals surface area contributed by atoms with Crippen LogP contribution in [0, 0.1) is 11.8 Å². The molecule has 1 fully saturated rings. The molecule has 0 unspecified atom stereocenters. The standard InChI is InChI=1S/C11H21NO3/c1-8(2)7-15-11(14)12(3)6-9-4-10(13)5-9/h8-10,13H,4-7H2,1-3H3. The zero-order chi connectivity index (χ0) is 11.4. The lowest BCUT2D eigenvalue weighted by molar-refractivity contribution is 0.0242. The van der Waals surface area contributed by atoms with Crippen LogP contribution in [0.2, 0.25) is 0 Å². The van der Waals surface area contributed by atoms with Gasteiger partial charge in [-0.25, -0.2) is 4.79 Å². The molecule has 0 aromatic rings. The van der Waals surface area contributed by atoms with Crippen molar-refractivity contribution in [1.82, 2.24) is 4.90 Å². The van der Waals surface area contributed by atoms with E-state index in [-0.39, 0.29) is 12.2 Å². The lowest BCUT2D eigenvalue weighted by Gasteiger charge is -2.34. The van der Waals surface area contributed by atoms with Gasteiger partial charge in [0.15, 0.2) is 0 Å². The highest BCUT2D eigenvalue weighted by Gasteiger charge is 2.29. The summed E-state index contributed by atoms with van der Waals surface area (Å²) < 4.78 is 5.09. The molecule has 15 heavy (non-hydrogen) atoms. The molecule has 0 aliphatic heterocycles. The molecule has 1 amide bonds. The molecule has 1 aliphatic carbocycles. The Bertz CT molecular complexity index is 212. The number of hydrogen-bond donors (Lipinski definition) is 1. The van der Waals surface area contributed by atoms with Crippen LogP contribution in [0.1, 0.15) is 26.7 Å². The highest BCUT2D eigenvalue weighted by molar-refractivity contribution is 5.67. The van der Waals surface area contributed by atoms with Crippen LogP contribution >= 0.6 is 0 Å². The van der Waals surface area contributed by atoms with Crippen molar-refractivity contribution in [2.45, 2.75) is 32.8 Å². The number of hydrogen-bond acceptors (Lipinski definition) is 3. The molecule has 0 aromatic carbocycles. The molecular weight excluding hydrogens is 194 g/mol. The molecule has 0 heterocycles. The van der Waals surface area contributed by atoms with Gasteiger partial charge in [-0.15, -0.1) is 0 Å². The summed E-state index contributed by atoms with van der Waals surface area (Å²) in [6.45, 7) is 5.18. The smallest absolute Gasteiger partial charge is 0.409 e. The van der Waals surface area contributed by atoms with Gasteiger partial charge in [-0.2, -0.15) is 0 Å². The van der Waals surface area contributed by atoms with E-state index in [1.807, 2.05) is 13.8 Å². The molecule has 4 heteroatoms. The van der Waals surface area contributed by atoms with Gasteiger partial charge in [0.1, 0.15) is 0 Å². The van der Waals surface area contributed by atoms with Crippen molar-refractivity contribution < 1.29 is 14.6 Å². The maximum Gasteiger partial charge on any atom is 0.409 e. The number of carbonyl (C=O) groups is 1. The first-order valence-corrected chi connectivity index (χ1v) is 5.55. The molecule has 0 spiro atoms. The largest absolute Gasteiger partial charge is 0.449 e. The Morgan fingerprint density at radius 2 is 2.13 bits per heavy atom. The van der Waals surface area contributed by atoms with E-state index in [4.69, 9.17) is 9.84 Å². The molecular formula is C11H21NO3. The minimum absolute atomic E-state index is 0.157. The molecule has 0 saturated heterocycles. The summed E-state index contributed by atoms with van der Waals surface area (Å²) in [5.74, 6) is 0.810. The number of ether oxygens (including phenoxy) is 1. The third-order valence-electron chi connectivity index (χ3n) is 2.59. The zero-order valence-electron chi connectivity index (χ0n) is 9.77. The van der Waals surface area contributed by atoms with Gasteiger partial charge < -0.3 is 14.7 Å². The molecule has 1 N–H and O–H groups in total. The predicted molar refractivity (Wildman–Crippen MR) is 57.5 cm³/mol. The number of carbonyl (C=O) groups excluding carboxylic acids is 1.